The van der Waals surface area contributed by atoms with Gasteiger partial charge in [-0.05, 0) is 38.7 Å². The summed E-state index contributed by atoms with van der Waals surface area (Å²) in [5, 5.41) is 3.04. The second-order valence-electron chi connectivity index (χ2n) is 6.12. The number of likely N-dealkylation sites (tertiary alicyclic amines) is 1. The molecule has 1 aliphatic heterocycles. The molecule has 7 heteroatoms. The van der Waals surface area contributed by atoms with Crippen LogP contribution in [0.3, 0.4) is 0 Å². The van der Waals surface area contributed by atoms with E-state index in [0.29, 0.717) is 12.5 Å². The van der Waals surface area contributed by atoms with Crippen molar-refractivity contribution in [2.24, 2.45) is 0 Å². The zero-order chi connectivity index (χ0) is 16.8. The summed E-state index contributed by atoms with van der Waals surface area (Å²) in [7, 11) is 0. The van der Waals surface area contributed by atoms with Gasteiger partial charge in [-0.25, -0.2) is 19.7 Å². The van der Waals surface area contributed by atoms with Crippen LogP contribution in [0.15, 0.2) is 24.1 Å². The first-order valence-corrected chi connectivity index (χ1v) is 9.29. The minimum Gasteiger partial charge on any atom is -0.338 e. The van der Waals surface area contributed by atoms with E-state index in [0.717, 1.165) is 50.2 Å². The normalized spacial score (nSPS) is 17.7. The van der Waals surface area contributed by atoms with E-state index < -0.39 is 0 Å². The standard InChI is InChI=1S/C17H23N5OS/c1-13-16(24-12-21-13)5-2-7-19-17(23)22-9-3-4-14(10-22)15-6-8-18-11-20-15/h6,8,11-12,14H,2-5,7,9-10H2,1H3,(H,19,23). The van der Waals surface area contributed by atoms with Crippen LogP contribution in [0.1, 0.15) is 41.4 Å². The van der Waals surface area contributed by atoms with Crippen molar-refractivity contribution < 1.29 is 4.79 Å². The molecule has 0 bridgehead atoms. The molecule has 0 spiro atoms. The molecule has 2 amide bonds. The Balaban J connectivity index is 1.44. The Hall–Kier alpha value is -2.02. The predicted molar refractivity (Wildman–Crippen MR) is 94.2 cm³/mol. The van der Waals surface area contributed by atoms with Crippen LogP contribution in [0.4, 0.5) is 4.79 Å². The molecule has 1 aliphatic rings. The number of urea groups is 1. The van der Waals surface area contributed by atoms with Crippen LogP contribution in [0.5, 0.6) is 0 Å². The molecular formula is C17H23N5OS. The number of piperidine rings is 1. The van der Waals surface area contributed by atoms with E-state index in [1.54, 1.807) is 23.9 Å². The van der Waals surface area contributed by atoms with Gasteiger partial charge in [0.25, 0.3) is 0 Å². The fraction of sp³-hybridized carbons (Fsp3) is 0.529. The molecule has 0 saturated carbocycles. The highest BCUT2D eigenvalue weighted by atomic mass is 32.1. The second-order valence-corrected chi connectivity index (χ2v) is 7.06. The number of nitrogens with one attached hydrogen (secondary N) is 1. The summed E-state index contributed by atoms with van der Waals surface area (Å²) in [6.07, 6.45) is 7.35. The van der Waals surface area contributed by atoms with Crippen molar-refractivity contribution in [1.29, 1.82) is 0 Å². The van der Waals surface area contributed by atoms with Gasteiger partial charge in [-0.15, -0.1) is 11.3 Å². The molecule has 24 heavy (non-hydrogen) atoms. The summed E-state index contributed by atoms with van der Waals surface area (Å²) < 4.78 is 0. The smallest absolute Gasteiger partial charge is 0.317 e. The predicted octanol–water partition coefficient (Wildman–Crippen LogP) is 2.76. The SMILES string of the molecule is Cc1ncsc1CCCNC(=O)N1CCCC(c2ccncn2)C1. The molecule has 0 radical (unpaired) electrons. The number of nitrogens with zero attached hydrogens (tertiary/aromatic N) is 4. The summed E-state index contributed by atoms with van der Waals surface area (Å²) in [6.45, 7) is 4.29. The van der Waals surface area contributed by atoms with Crippen molar-refractivity contribution in [3.63, 3.8) is 0 Å². The van der Waals surface area contributed by atoms with Crippen molar-refractivity contribution in [2.45, 2.75) is 38.5 Å². The van der Waals surface area contributed by atoms with Crippen LogP contribution in [0.25, 0.3) is 0 Å². The van der Waals surface area contributed by atoms with Gasteiger partial charge in [0.15, 0.2) is 0 Å². The molecule has 1 N–H and O–H groups in total. The Kier molecular flexibility index (Phi) is 5.74. The lowest BCUT2D eigenvalue weighted by Gasteiger charge is -2.32. The quantitative estimate of drug-likeness (QED) is 0.846. The monoisotopic (exact) mass is 345 g/mol. The maximum atomic E-state index is 12.4. The molecule has 128 valence electrons. The zero-order valence-electron chi connectivity index (χ0n) is 13.9. The zero-order valence-corrected chi connectivity index (χ0v) is 14.8. The number of aromatic nitrogens is 3. The average Bonchev–Trinajstić information content (AvgIpc) is 3.04. The van der Waals surface area contributed by atoms with E-state index in [9.17, 15) is 4.79 Å². The van der Waals surface area contributed by atoms with E-state index in [-0.39, 0.29) is 6.03 Å². The van der Waals surface area contributed by atoms with Crippen molar-refractivity contribution in [3.05, 3.63) is 40.4 Å². The minimum atomic E-state index is 0.0368. The molecule has 1 fully saturated rings. The van der Waals surface area contributed by atoms with E-state index in [2.05, 4.69) is 20.3 Å². The van der Waals surface area contributed by atoms with Crippen molar-refractivity contribution in [1.82, 2.24) is 25.2 Å². The second kappa shape index (κ2) is 8.19. The van der Waals surface area contributed by atoms with Gasteiger partial charge in [0.2, 0.25) is 0 Å². The van der Waals surface area contributed by atoms with Gasteiger partial charge in [0.05, 0.1) is 11.2 Å². The molecule has 2 aromatic rings. The van der Waals surface area contributed by atoms with Crippen LogP contribution in [0, 0.1) is 6.92 Å². The Morgan fingerprint density at radius 1 is 1.46 bits per heavy atom. The van der Waals surface area contributed by atoms with Crippen LogP contribution in [-0.4, -0.2) is 45.5 Å². The van der Waals surface area contributed by atoms with Crippen molar-refractivity contribution in [2.75, 3.05) is 19.6 Å². The summed E-state index contributed by atoms with van der Waals surface area (Å²) in [5.74, 6) is 0.312. The fourth-order valence-electron chi connectivity index (χ4n) is 3.07. The number of carbonyl (C=O) groups excluding carboxylic acids is 1. The van der Waals surface area contributed by atoms with E-state index in [1.165, 1.54) is 4.88 Å². The fourth-order valence-corrected chi connectivity index (χ4v) is 3.89. The molecular weight excluding hydrogens is 322 g/mol. The highest BCUT2D eigenvalue weighted by molar-refractivity contribution is 7.09. The Morgan fingerprint density at radius 2 is 2.38 bits per heavy atom. The van der Waals surface area contributed by atoms with Gasteiger partial charge in [-0.1, -0.05) is 0 Å². The Morgan fingerprint density at radius 3 is 3.12 bits per heavy atom. The van der Waals surface area contributed by atoms with Gasteiger partial charge in [-0.3, -0.25) is 0 Å². The van der Waals surface area contributed by atoms with Crippen LogP contribution in [-0.2, 0) is 6.42 Å². The van der Waals surface area contributed by atoms with Crippen molar-refractivity contribution >= 4 is 17.4 Å². The van der Waals surface area contributed by atoms with Crippen molar-refractivity contribution in [3.8, 4) is 0 Å². The summed E-state index contributed by atoms with van der Waals surface area (Å²) in [5.41, 5.74) is 4.02. The molecule has 2 aromatic heterocycles. The largest absolute Gasteiger partial charge is 0.338 e. The van der Waals surface area contributed by atoms with Gasteiger partial charge in [0.1, 0.15) is 6.33 Å². The number of rotatable bonds is 5. The lowest BCUT2D eigenvalue weighted by atomic mass is 9.95. The minimum absolute atomic E-state index is 0.0368. The Bertz CT molecular complexity index is 660. The highest BCUT2D eigenvalue weighted by Crippen LogP contribution is 2.25. The highest BCUT2D eigenvalue weighted by Gasteiger charge is 2.25. The summed E-state index contributed by atoms with van der Waals surface area (Å²) >= 11 is 1.69. The van der Waals surface area contributed by atoms with Crippen LogP contribution in [0.2, 0.25) is 0 Å². The van der Waals surface area contributed by atoms with E-state index in [1.807, 2.05) is 23.4 Å². The lowest BCUT2D eigenvalue weighted by molar-refractivity contribution is 0.179. The van der Waals surface area contributed by atoms with Gasteiger partial charge in [-0.2, -0.15) is 0 Å². The number of hydrogen-bond donors (Lipinski definition) is 1. The third kappa shape index (κ3) is 4.29. The molecule has 1 unspecified atom stereocenters. The summed E-state index contributed by atoms with van der Waals surface area (Å²) in [6, 6.07) is 1.98. The van der Waals surface area contributed by atoms with Crippen LogP contribution >= 0.6 is 11.3 Å². The summed E-state index contributed by atoms with van der Waals surface area (Å²) in [4.78, 5) is 28.1. The molecule has 0 aliphatic carbocycles. The maximum Gasteiger partial charge on any atom is 0.317 e. The topological polar surface area (TPSA) is 71.0 Å². The molecule has 0 aromatic carbocycles. The number of thiazole rings is 1. The maximum absolute atomic E-state index is 12.4. The first kappa shape index (κ1) is 16.8. The third-order valence-corrected chi connectivity index (χ3v) is 5.43. The van der Waals surface area contributed by atoms with Crippen LogP contribution < -0.4 is 5.32 Å². The Labute approximate surface area is 146 Å². The van der Waals surface area contributed by atoms with E-state index >= 15 is 0 Å². The van der Waals surface area contributed by atoms with E-state index in [4.69, 9.17) is 0 Å². The third-order valence-electron chi connectivity index (χ3n) is 4.43. The molecule has 3 rings (SSSR count). The number of aryl methyl sites for hydroxylation is 2. The van der Waals surface area contributed by atoms with Gasteiger partial charge < -0.3 is 10.2 Å². The first-order valence-electron chi connectivity index (χ1n) is 8.41. The number of amides is 2. The molecule has 6 nitrogen and oxygen atoms in total. The van der Waals surface area contributed by atoms with Gasteiger partial charge >= 0.3 is 6.03 Å². The van der Waals surface area contributed by atoms with Gasteiger partial charge in [0, 0.05) is 42.3 Å². The average molecular weight is 345 g/mol. The number of hydrogen-bond acceptors (Lipinski definition) is 5. The number of carbonyl (C=O) groups is 1. The molecule has 1 atom stereocenters. The molecule has 3 heterocycles. The lowest BCUT2D eigenvalue weighted by Crippen LogP contribution is -2.45. The molecule has 1 saturated heterocycles. The first-order chi connectivity index (χ1) is 11.7.